The lowest BCUT2D eigenvalue weighted by Gasteiger charge is -2.26. The van der Waals surface area contributed by atoms with Crippen LogP contribution in [0.25, 0.3) is 0 Å². The van der Waals surface area contributed by atoms with Crippen molar-refractivity contribution >= 4 is 0 Å². The van der Waals surface area contributed by atoms with E-state index >= 15 is 0 Å². The van der Waals surface area contributed by atoms with Crippen molar-refractivity contribution in [3.63, 3.8) is 0 Å². The van der Waals surface area contributed by atoms with Gasteiger partial charge in [-0.25, -0.2) is 10.3 Å². The van der Waals surface area contributed by atoms with Gasteiger partial charge in [0, 0.05) is 5.41 Å². The average molecular weight is 199 g/mol. The Balaban J connectivity index is 2.94. The molecule has 0 saturated carbocycles. The fraction of sp³-hybridized carbons (Fsp3) is 0.400. The molecule has 1 aromatic carbocycles. The highest BCUT2D eigenvalue weighted by atomic mass is 19.1. The minimum absolute atomic E-state index is 0.101. The summed E-state index contributed by atoms with van der Waals surface area (Å²) in [6, 6.07) is 5.93. The number of aliphatic hydroxyl groups excluding tert-OH is 1. The Morgan fingerprint density at radius 2 is 2.00 bits per heavy atom. The van der Waals surface area contributed by atoms with Gasteiger partial charge in [-0.1, -0.05) is 19.1 Å². The number of aliphatic hydroxyl groups is 1. The predicted octanol–water partition coefficient (Wildman–Crippen LogP) is 0.966. The third kappa shape index (κ3) is 2.29. The molecule has 3 N–H and O–H groups in total. The van der Waals surface area contributed by atoms with Crippen LogP contribution in [-0.2, 0) is 10.3 Å². The lowest BCUT2D eigenvalue weighted by Crippen LogP contribution is -2.33. The topological polar surface area (TPSA) is 55.5 Å². The van der Waals surface area contributed by atoms with Gasteiger partial charge in [0.05, 0.1) is 13.2 Å². The Hall–Kier alpha value is -0.970. The fourth-order valence-electron chi connectivity index (χ4n) is 1.26. The molecule has 0 aliphatic rings. The molecule has 78 valence electrons. The van der Waals surface area contributed by atoms with Gasteiger partial charge in [-0.05, 0) is 17.7 Å². The van der Waals surface area contributed by atoms with Crippen molar-refractivity contribution in [2.75, 3.05) is 13.2 Å². The van der Waals surface area contributed by atoms with Crippen LogP contribution in [0.2, 0.25) is 0 Å². The molecule has 0 aliphatic carbocycles. The molecule has 0 bridgehead atoms. The third-order valence-electron chi connectivity index (χ3n) is 2.29. The lowest BCUT2D eigenvalue weighted by molar-refractivity contribution is 0.0594. The summed E-state index contributed by atoms with van der Waals surface area (Å²) in [4.78, 5) is 4.53. The highest BCUT2D eigenvalue weighted by Crippen LogP contribution is 2.23. The molecule has 4 heteroatoms. The molecule has 0 aromatic heterocycles. The molecule has 1 aromatic rings. The van der Waals surface area contributed by atoms with Crippen LogP contribution in [0.15, 0.2) is 24.3 Å². The van der Waals surface area contributed by atoms with Crippen molar-refractivity contribution in [1.29, 1.82) is 0 Å². The summed E-state index contributed by atoms with van der Waals surface area (Å²) in [5, 5.41) is 9.21. The largest absolute Gasteiger partial charge is 0.395 e. The van der Waals surface area contributed by atoms with Crippen LogP contribution in [-0.4, -0.2) is 18.3 Å². The minimum atomic E-state index is -0.581. The Kier molecular flexibility index (Phi) is 3.57. The van der Waals surface area contributed by atoms with E-state index in [1.807, 2.05) is 0 Å². The molecule has 0 amide bonds. The van der Waals surface area contributed by atoms with Gasteiger partial charge < -0.3 is 9.94 Å². The Labute approximate surface area is 82.3 Å². The van der Waals surface area contributed by atoms with Gasteiger partial charge in [-0.15, -0.1) is 0 Å². The monoisotopic (exact) mass is 199 g/mol. The molecule has 0 saturated heterocycles. The highest BCUT2D eigenvalue weighted by molar-refractivity contribution is 5.25. The van der Waals surface area contributed by atoms with E-state index < -0.39 is 5.41 Å². The molecule has 0 spiro atoms. The molecule has 3 nitrogen and oxygen atoms in total. The standard InChI is InChI=1S/C10H14FNO2/c1-10(6-13,7-14-12)8-2-4-9(11)5-3-8/h2-5,13H,6-7,12H2,1H3. The highest BCUT2D eigenvalue weighted by Gasteiger charge is 2.26. The summed E-state index contributed by atoms with van der Waals surface area (Å²) in [6.45, 7) is 1.89. The summed E-state index contributed by atoms with van der Waals surface area (Å²) >= 11 is 0. The second-order valence-electron chi connectivity index (χ2n) is 3.54. The maximum Gasteiger partial charge on any atom is 0.123 e. The normalized spacial score (nSPS) is 15.1. The van der Waals surface area contributed by atoms with E-state index in [1.165, 1.54) is 12.1 Å². The van der Waals surface area contributed by atoms with Crippen LogP contribution in [0.4, 0.5) is 4.39 Å². The van der Waals surface area contributed by atoms with E-state index in [1.54, 1.807) is 19.1 Å². The molecule has 1 atom stereocenters. The van der Waals surface area contributed by atoms with E-state index in [0.717, 1.165) is 5.56 Å². The van der Waals surface area contributed by atoms with Crippen LogP contribution in [0.1, 0.15) is 12.5 Å². The maximum absolute atomic E-state index is 12.6. The van der Waals surface area contributed by atoms with Gasteiger partial charge in [-0.3, -0.25) is 0 Å². The molecule has 1 unspecified atom stereocenters. The van der Waals surface area contributed by atoms with Crippen LogP contribution >= 0.6 is 0 Å². The summed E-state index contributed by atoms with van der Waals surface area (Å²) < 4.78 is 12.6. The molecule has 1 rings (SSSR count). The number of hydrogen-bond acceptors (Lipinski definition) is 3. The van der Waals surface area contributed by atoms with Crippen LogP contribution in [0.5, 0.6) is 0 Å². The van der Waals surface area contributed by atoms with Gasteiger partial charge in [-0.2, -0.15) is 0 Å². The first-order valence-electron chi connectivity index (χ1n) is 4.31. The van der Waals surface area contributed by atoms with Gasteiger partial charge in [0.1, 0.15) is 5.82 Å². The number of rotatable bonds is 4. The van der Waals surface area contributed by atoms with Gasteiger partial charge in [0.25, 0.3) is 0 Å². The van der Waals surface area contributed by atoms with Crippen molar-refractivity contribution in [3.05, 3.63) is 35.6 Å². The second kappa shape index (κ2) is 4.50. The molecule has 0 aliphatic heterocycles. The Bertz CT molecular complexity index is 289. The Morgan fingerprint density at radius 3 is 2.43 bits per heavy atom. The summed E-state index contributed by atoms with van der Waals surface area (Å²) in [6.07, 6.45) is 0. The van der Waals surface area contributed by atoms with Crippen molar-refractivity contribution in [2.45, 2.75) is 12.3 Å². The van der Waals surface area contributed by atoms with Crippen molar-refractivity contribution < 1.29 is 14.3 Å². The minimum Gasteiger partial charge on any atom is -0.395 e. The van der Waals surface area contributed by atoms with Gasteiger partial charge in [0.15, 0.2) is 0 Å². The van der Waals surface area contributed by atoms with Crippen molar-refractivity contribution in [2.24, 2.45) is 5.90 Å². The summed E-state index contributed by atoms with van der Waals surface area (Å²) in [5.74, 6) is 4.67. The summed E-state index contributed by atoms with van der Waals surface area (Å²) in [7, 11) is 0. The lowest BCUT2D eigenvalue weighted by atomic mass is 9.84. The maximum atomic E-state index is 12.6. The van der Waals surface area contributed by atoms with Gasteiger partial charge in [0.2, 0.25) is 0 Å². The number of halogens is 1. The number of benzene rings is 1. The molecule has 0 radical (unpaired) electrons. The molecule has 14 heavy (non-hydrogen) atoms. The van der Waals surface area contributed by atoms with Gasteiger partial charge >= 0.3 is 0 Å². The Morgan fingerprint density at radius 1 is 1.43 bits per heavy atom. The third-order valence-corrected chi connectivity index (χ3v) is 2.29. The van der Waals surface area contributed by atoms with E-state index in [-0.39, 0.29) is 19.0 Å². The zero-order valence-electron chi connectivity index (χ0n) is 8.03. The molecule has 0 heterocycles. The van der Waals surface area contributed by atoms with E-state index in [2.05, 4.69) is 4.84 Å². The first-order valence-corrected chi connectivity index (χ1v) is 4.31. The predicted molar refractivity (Wildman–Crippen MR) is 51.0 cm³/mol. The molecular weight excluding hydrogens is 185 g/mol. The van der Waals surface area contributed by atoms with E-state index in [4.69, 9.17) is 5.90 Å². The smallest absolute Gasteiger partial charge is 0.123 e. The SMILES string of the molecule is CC(CO)(CON)c1ccc(F)cc1. The van der Waals surface area contributed by atoms with Crippen molar-refractivity contribution in [1.82, 2.24) is 0 Å². The van der Waals surface area contributed by atoms with E-state index in [0.29, 0.717) is 0 Å². The first-order chi connectivity index (χ1) is 6.62. The zero-order valence-corrected chi connectivity index (χ0v) is 8.03. The van der Waals surface area contributed by atoms with Crippen LogP contribution < -0.4 is 5.90 Å². The quantitative estimate of drug-likeness (QED) is 0.710. The zero-order chi connectivity index (χ0) is 10.6. The number of nitrogens with two attached hydrogens (primary N) is 1. The second-order valence-corrected chi connectivity index (χ2v) is 3.54. The van der Waals surface area contributed by atoms with Crippen LogP contribution in [0.3, 0.4) is 0 Å². The van der Waals surface area contributed by atoms with Crippen LogP contribution in [0, 0.1) is 5.82 Å². The average Bonchev–Trinajstić information content (AvgIpc) is 2.19. The first kappa shape index (κ1) is 11.1. The van der Waals surface area contributed by atoms with Crippen molar-refractivity contribution in [3.8, 4) is 0 Å². The summed E-state index contributed by atoms with van der Waals surface area (Å²) in [5.41, 5.74) is 0.217. The number of hydrogen-bond donors (Lipinski definition) is 2. The molecule has 0 fully saturated rings. The molecular formula is C10H14FNO2. The fourth-order valence-corrected chi connectivity index (χ4v) is 1.26. The van der Waals surface area contributed by atoms with E-state index in [9.17, 15) is 9.50 Å².